The molecular formula is C13H23N5OS. The van der Waals surface area contributed by atoms with E-state index in [1.165, 1.54) is 24.6 Å². The van der Waals surface area contributed by atoms with Gasteiger partial charge in [-0.15, -0.1) is 5.10 Å². The number of thioether (sulfide) groups is 1. The molecule has 0 saturated heterocycles. The molecule has 0 radical (unpaired) electrons. The predicted octanol–water partition coefficient (Wildman–Crippen LogP) is 1.97. The fraction of sp³-hybridized carbons (Fsp3) is 0.846. The number of rotatable bonds is 4. The van der Waals surface area contributed by atoms with Gasteiger partial charge in [-0.3, -0.25) is 4.79 Å². The van der Waals surface area contributed by atoms with Crippen molar-refractivity contribution in [1.29, 1.82) is 0 Å². The van der Waals surface area contributed by atoms with Crippen LogP contribution in [0.15, 0.2) is 5.16 Å². The molecule has 1 heterocycles. The van der Waals surface area contributed by atoms with Crippen molar-refractivity contribution in [3.8, 4) is 0 Å². The fourth-order valence-corrected chi connectivity index (χ4v) is 3.26. The van der Waals surface area contributed by atoms with E-state index < -0.39 is 0 Å². The molecule has 0 aliphatic heterocycles. The maximum atomic E-state index is 12.2. The Balaban J connectivity index is 1.95. The smallest absolute Gasteiger partial charge is 0.233 e. The van der Waals surface area contributed by atoms with E-state index >= 15 is 0 Å². The van der Waals surface area contributed by atoms with Gasteiger partial charge in [0.2, 0.25) is 11.1 Å². The van der Waals surface area contributed by atoms with Crippen LogP contribution in [0.5, 0.6) is 0 Å². The number of tetrazole rings is 1. The number of nitrogens with one attached hydrogen (secondary N) is 1. The second kappa shape index (κ2) is 6.11. The predicted molar refractivity (Wildman–Crippen MR) is 78.5 cm³/mol. The maximum Gasteiger partial charge on any atom is 0.233 e. The number of nitrogens with zero attached hydrogens (tertiary/aromatic N) is 4. The fourth-order valence-electron chi connectivity index (χ4n) is 2.27. The number of hydrogen-bond acceptors (Lipinski definition) is 5. The SMILES string of the molecule is CC(Sc1nnnn1C(C)(C)C)C(=O)NC1CCCC1. The Kier molecular flexibility index (Phi) is 4.67. The van der Waals surface area contributed by atoms with Crippen molar-refractivity contribution in [3.05, 3.63) is 0 Å². The first-order valence-electron chi connectivity index (χ1n) is 7.14. The van der Waals surface area contributed by atoms with E-state index in [9.17, 15) is 4.79 Å². The topological polar surface area (TPSA) is 72.7 Å². The van der Waals surface area contributed by atoms with E-state index in [4.69, 9.17) is 0 Å². The van der Waals surface area contributed by atoms with Crippen LogP contribution in [0.25, 0.3) is 0 Å². The van der Waals surface area contributed by atoms with Gasteiger partial charge in [-0.2, -0.15) is 0 Å². The van der Waals surface area contributed by atoms with E-state index in [0.29, 0.717) is 11.2 Å². The van der Waals surface area contributed by atoms with Crippen molar-refractivity contribution < 1.29 is 4.79 Å². The Labute approximate surface area is 124 Å². The number of amides is 1. The molecule has 6 nitrogen and oxygen atoms in total. The Morgan fingerprint density at radius 1 is 1.40 bits per heavy atom. The monoisotopic (exact) mass is 297 g/mol. The van der Waals surface area contributed by atoms with Gasteiger partial charge in [-0.05, 0) is 51.0 Å². The molecule has 0 spiro atoms. The van der Waals surface area contributed by atoms with Crippen LogP contribution < -0.4 is 5.32 Å². The third-order valence-electron chi connectivity index (χ3n) is 3.43. The zero-order valence-corrected chi connectivity index (χ0v) is 13.4. The molecule has 2 rings (SSSR count). The van der Waals surface area contributed by atoms with E-state index in [1.807, 2.05) is 27.7 Å². The molecule has 1 aromatic heterocycles. The zero-order valence-electron chi connectivity index (χ0n) is 12.6. The normalized spacial score (nSPS) is 18.2. The van der Waals surface area contributed by atoms with Gasteiger partial charge in [0.15, 0.2) is 0 Å². The van der Waals surface area contributed by atoms with E-state index in [-0.39, 0.29) is 16.7 Å². The molecule has 112 valence electrons. The molecule has 1 fully saturated rings. The van der Waals surface area contributed by atoms with Crippen molar-refractivity contribution in [3.63, 3.8) is 0 Å². The minimum atomic E-state index is -0.192. The van der Waals surface area contributed by atoms with Crippen molar-refractivity contribution in [2.75, 3.05) is 0 Å². The zero-order chi connectivity index (χ0) is 14.8. The van der Waals surface area contributed by atoms with Crippen LogP contribution >= 0.6 is 11.8 Å². The molecule has 0 aromatic carbocycles. The van der Waals surface area contributed by atoms with E-state index in [2.05, 4.69) is 20.8 Å². The first kappa shape index (κ1) is 15.3. The summed E-state index contributed by atoms with van der Waals surface area (Å²) in [4.78, 5) is 12.2. The Hall–Kier alpha value is -1.11. The maximum absolute atomic E-state index is 12.2. The summed E-state index contributed by atoms with van der Waals surface area (Å²) in [6.07, 6.45) is 4.63. The summed E-state index contributed by atoms with van der Waals surface area (Å²) in [5.41, 5.74) is -0.187. The first-order chi connectivity index (χ1) is 9.38. The first-order valence-corrected chi connectivity index (χ1v) is 8.02. The second-order valence-electron chi connectivity index (χ2n) is 6.29. The van der Waals surface area contributed by atoms with Crippen LogP contribution in [0.3, 0.4) is 0 Å². The van der Waals surface area contributed by atoms with E-state index in [0.717, 1.165) is 12.8 Å². The molecule has 1 saturated carbocycles. The van der Waals surface area contributed by atoms with Gasteiger partial charge in [-0.1, -0.05) is 24.6 Å². The van der Waals surface area contributed by atoms with Crippen LogP contribution in [0, 0.1) is 0 Å². The van der Waals surface area contributed by atoms with Gasteiger partial charge < -0.3 is 5.32 Å². The number of carbonyl (C=O) groups is 1. The summed E-state index contributed by atoms with van der Waals surface area (Å²) < 4.78 is 1.76. The third-order valence-corrected chi connectivity index (χ3v) is 4.46. The molecule has 1 aliphatic rings. The standard InChI is InChI=1S/C13H23N5OS/c1-9(11(19)14-10-7-5-6-8-10)20-12-15-16-17-18(12)13(2,3)4/h9-10H,5-8H2,1-4H3,(H,14,19). The molecule has 1 N–H and O–H groups in total. The van der Waals surface area contributed by atoms with Crippen LogP contribution in [-0.4, -0.2) is 37.4 Å². The minimum Gasteiger partial charge on any atom is -0.352 e. The van der Waals surface area contributed by atoms with Crippen molar-refractivity contribution in [1.82, 2.24) is 25.5 Å². The highest BCUT2D eigenvalue weighted by Crippen LogP contribution is 2.25. The summed E-state index contributed by atoms with van der Waals surface area (Å²) in [6.45, 7) is 8.01. The highest BCUT2D eigenvalue weighted by Gasteiger charge is 2.25. The van der Waals surface area contributed by atoms with Gasteiger partial charge >= 0.3 is 0 Å². The summed E-state index contributed by atoms with van der Waals surface area (Å²) in [6, 6.07) is 0.351. The molecule has 1 aliphatic carbocycles. The summed E-state index contributed by atoms with van der Waals surface area (Å²) in [7, 11) is 0. The van der Waals surface area contributed by atoms with Gasteiger partial charge in [0, 0.05) is 6.04 Å². The highest BCUT2D eigenvalue weighted by molar-refractivity contribution is 8.00. The van der Waals surface area contributed by atoms with Crippen LogP contribution in [0.4, 0.5) is 0 Å². The van der Waals surface area contributed by atoms with E-state index in [1.54, 1.807) is 4.68 Å². The molecule has 1 amide bonds. The third kappa shape index (κ3) is 3.71. The van der Waals surface area contributed by atoms with Gasteiger partial charge in [0.05, 0.1) is 10.8 Å². The average molecular weight is 297 g/mol. The van der Waals surface area contributed by atoms with Crippen LogP contribution in [0.1, 0.15) is 53.4 Å². The molecule has 1 aromatic rings. The lowest BCUT2D eigenvalue weighted by Gasteiger charge is -2.21. The van der Waals surface area contributed by atoms with Crippen LogP contribution in [0.2, 0.25) is 0 Å². The van der Waals surface area contributed by atoms with Gasteiger partial charge in [0.25, 0.3) is 0 Å². The molecule has 7 heteroatoms. The quantitative estimate of drug-likeness (QED) is 0.860. The van der Waals surface area contributed by atoms with Crippen molar-refractivity contribution in [2.45, 2.75) is 75.4 Å². The Morgan fingerprint density at radius 3 is 2.65 bits per heavy atom. The molecule has 20 heavy (non-hydrogen) atoms. The lowest BCUT2D eigenvalue weighted by atomic mass is 10.1. The Bertz CT molecular complexity index is 462. The molecular weight excluding hydrogens is 274 g/mol. The number of carbonyl (C=O) groups excluding carboxylic acids is 1. The summed E-state index contributed by atoms with van der Waals surface area (Å²) >= 11 is 1.41. The minimum absolute atomic E-state index is 0.0744. The summed E-state index contributed by atoms with van der Waals surface area (Å²) in [5, 5.41) is 15.3. The average Bonchev–Trinajstić information content (AvgIpc) is 2.98. The lowest BCUT2D eigenvalue weighted by Crippen LogP contribution is -2.38. The van der Waals surface area contributed by atoms with Crippen molar-refractivity contribution in [2.24, 2.45) is 0 Å². The summed E-state index contributed by atoms with van der Waals surface area (Å²) in [5.74, 6) is 0.0744. The Morgan fingerprint density at radius 2 is 2.05 bits per heavy atom. The van der Waals surface area contributed by atoms with Crippen LogP contribution in [-0.2, 0) is 10.3 Å². The number of hydrogen-bond donors (Lipinski definition) is 1. The van der Waals surface area contributed by atoms with Gasteiger partial charge in [-0.25, -0.2) is 4.68 Å². The molecule has 0 bridgehead atoms. The number of aromatic nitrogens is 4. The lowest BCUT2D eigenvalue weighted by molar-refractivity contribution is -0.120. The molecule has 1 unspecified atom stereocenters. The van der Waals surface area contributed by atoms with Crippen molar-refractivity contribution >= 4 is 17.7 Å². The largest absolute Gasteiger partial charge is 0.352 e. The van der Waals surface area contributed by atoms with Gasteiger partial charge in [0.1, 0.15) is 0 Å². The molecule has 1 atom stereocenters. The second-order valence-corrected chi connectivity index (χ2v) is 7.60. The highest BCUT2D eigenvalue weighted by atomic mass is 32.2.